The summed E-state index contributed by atoms with van der Waals surface area (Å²) in [6.45, 7) is 0. The van der Waals surface area contributed by atoms with Crippen molar-refractivity contribution in [3.05, 3.63) is 12.3 Å². The number of nitrogens with zero attached hydrogens (tertiary/aromatic N) is 2. The maximum atomic E-state index is 12.3. The predicted molar refractivity (Wildman–Crippen MR) is 71.5 cm³/mol. The maximum Gasteiger partial charge on any atom is 0.258 e. The van der Waals surface area contributed by atoms with E-state index < -0.39 is 15.6 Å². The third-order valence-electron chi connectivity index (χ3n) is 3.31. The van der Waals surface area contributed by atoms with Gasteiger partial charge in [0.25, 0.3) is 10.0 Å². The Morgan fingerprint density at radius 3 is 2.61 bits per heavy atom. The van der Waals surface area contributed by atoms with Crippen molar-refractivity contribution in [1.29, 1.82) is 0 Å². The van der Waals surface area contributed by atoms with Gasteiger partial charge in [0.2, 0.25) is 0 Å². The van der Waals surface area contributed by atoms with E-state index in [-0.39, 0.29) is 10.0 Å². The van der Waals surface area contributed by atoms with E-state index >= 15 is 0 Å². The smallest absolute Gasteiger partial charge is 0.258 e. The average Bonchev–Trinajstić information content (AvgIpc) is 2.87. The van der Waals surface area contributed by atoms with E-state index in [1.165, 1.54) is 16.9 Å². The zero-order valence-electron chi connectivity index (χ0n) is 10.1. The molecule has 0 saturated heterocycles. The van der Waals surface area contributed by atoms with Gasteiger partial charge in [-0.3, -0.25) is 4.68 Å². The molecule has 1 heterocycles. The highest BCUT2D eigenvalue weighted by Gasteiger charge is 2.41. The van der Waals surface area contributed by atoms with Crippen molar-refractivity contribution >= 4 is 27.2 Å². The van der Waals surface area contributed by atoms with E-state index in [1.807, 2.05) is 0 Å². The Morgan fingerprint density at radius 1 is 1.56 bits per heavy atom. The summed E-state index contributed by atoms with van der Waals surface area (Å²) in [6.07, 6.45) is 4.59. The number of hydrogen-bond acceptors (Lipinski definition) is 4. The lowest BCUT2D eigenvalue weighted by Gasteiger charge is -2.28. The lowest BCUT2D eigenvalue weighted by Crippen LogP contribution is -2.54. The van der Waals surface area contributed by atoms with E-state index in [2.05, 4.69) is 9.82 Å². The van der Waals surface area contributed by atoms with Crippen LogP contribution < -0.4 is 10.5 Å². The molecule has 1 aliphatic carbocycles. The summed E-state index contributed by atoms with van der Waals surface area (Å²) in [7, 11) is -2.07. The lowest BCUT2D eigenvalue weighted by molar-refractivity contribution is 0.495. The van der Waals surface area contributed by atoms with Gasteiger partial charge in [0.1, 0.15) is 0 Å². The van der Waals surface area contributed by atoms with Crippen molar-refractivity contribution in [3.63, 3.8) is 0 Å². The Morgan fingerprint density at radius 2 is 2.17 bits per heavy atom. The predicted octanol–water partition coefficient (Wildman–Crippen LogP) is 0.297. The first-order valence-electron chi connectivity index (χ1n) is 5.69. The zero-order chi connectivity index (χ0) is 13.4. The van der Waals surface area contributed by atoms with Crippen LogP contribution >= 0.6 is 12.2 Å². The monoisotopic (exact) mass is 288 g/mol. The third-order valence-corrected chi connectivity index (χ3v) is 5.31. The average molecular weight is 288 g/mol. The molecular formula is C10H16N4O2S2. The van der Waals surface area contributed by atoms with Gasteiger partial charge in [0.05, 0.1) is 16.7 Å². The summed E-state index contributed by atoms with van der Waals surface area (Å²) < 4.78 is 28.6. The third kappa shape index (κ3) is 2.27. The Balaban J connectivity index is 2.33. The molecule has 0 atom stereocenters. The van der Waals surface area contributed by atoms with Crippen LogP contribution in [0.25, 0.3) is 0 Å². The van der Waals surface area contributed by atoms with Crippen molar-refractivity contribution < 1.29 is 8.42 Å². The molecule has 2 rings (SSSR count). The molecule has 0 radical (unpaired) electrons. The second-order valence-electron chi connectivity index (χ2n) is 4.55. The Hall–Kier alpha value is -0.990. The molecule has 1 aromatic rings. The Kier molecular flexibility index (Phi) is 3.43. The molecule has 6 nitrogen and oxygen atoms in total. The van der Waals surface area contributed by atoms with Crippen LogP contribution in [0.4, 0.5) is 0 Å². The molecule has 0 aromatic carbocycles. The van der Waals surface area contributed by atoms with Gasteiger partial charge in [-0.15, -0.1) is 0 Å². The van der Waals surface area contributed by atoms with Crippen LogP contribution in [0.1, 0.15) is 25.7 Å². The fraction of sp³-hybridized carbons (Fsp3) is 0.600. The highest BCUT2D eigenvalue weighted by Crippen LogP contribution is 2.31. The molecule has 1 saturated carbocycles. The first-order chi connectivity index (χ1) is 8.37. The summed E-state index contributed by atoms with van der Waals surface area (Å²) in [6, 6.07) is 1.45. The first kappa shape index (κ1) is 13.4. The minimum Gasteiger partial charge on any atom is -0.392 e. The van der Waals surface area contributed by atoms with E-state index in [4.69, 9.17) is 18.0 Å². The van der Waals surface area contributed by atoms with E-state index in [0.29, 0.717) is 12.8 Å². The fourth-order valence-electron chi connectivity index (χ4n) is 2.31. The normalized spacial score (nSPS) is 18.9. The van der Waals surface area contributed by atoms with Crippen molar-refractivity contribution in [2.24, 2.45) is 12.8 Å². The van der Waals surface area contributed by atoms with Crippen LogP contribution in [-0.2, 0) is 17.1 Å². The van der Waals surface area contributed by atoms with Crippen molar-refractivity contribution in [2.75, 3.05) is 0 Å². The van der Waals surface area contributed by atoms with E-state index in [1.54, 1.807) is 7.05 Å². The van der Waals surface area contributed by atoms with Gasteiger partial charge in [-0.25, -0.2) is 8.42 Å². The van der Waals surface area contributed by atoms with Gasteiger partial charge in [0.15, 0.2) is 5.03 Å². The van der Waals surface area contributed by atoms with E-state index in [9.17, 15) is 8.42 Å². The van der Waals surface area contributed by atoms with E-state index in [0.717, 1.165) is 12.8 Å². The molecule has 0 bridgehead atoms. The molecule has 0 spiro atoms. The number of aryl methyl sites for hydroxylation is 1. The van der Waals surface area contributed by atoms with Crippen LogP contribution in [0.2, 0.25) is 0 Å². The van der Waals surface area contributed by atoms with Crippen LogP contribution in [0.15, 0.2) is 17.3 Å². The molecule has 18 heavy (non-hydrogen) atoms. The largest absolute Gasteiger partial charge is 0.392 e. The van der Waals surface area contributed by atoms with Gasteiger partial charge in [-0.1, -0.05) is 25.1 Å². The molecule has 1 fully saturated rings. The number of sulfonamides is 1. The second kappa shape index (κ2) is 4.60. The Labute approximate surface area is 112 Å². The van der Waals surface area contributed by atoms with Gasteiger partial charge < -0.3 is 5.73 Å². The topological polar surface area (TPSA) is 90.0 Å². The number of rotatable bonds is 4. The number of thiocarbonyl (C=S) groups is 1. The van der Waals surface area contributed by atoms with Crippen LogP contribution in [0.5, 0.6) is 0 Å². The lowest BCUT2D eigenvalue weighted by atomic mass is 10.00. The molecule has 100 valence electrons. The van der Waals surface area contributed by atoms with Gasteiger partial charge >= 0.3 is 0 Å². The van der Waals surface area contributed by atoms with Crippen molar-refractivity contribution in [2.45, 2.75) is 36.2 Å². The summed E-state index contributed by atoms with van der Waals surface area (Å²) in [4.78, 5) is 0.214. The van der Waals surface area contributed by atoms with Gasteiger partial charge in [0, 0.05) is 7.05 Å². The molecule has 1 aromatic heterocycles. The van der Waals surface area contributed by atoms with Crippen LogP contribution in [0, 0.1) is 0 Å². The minimum atomic E-state index is -3.65. The van der Waals surface area contributed by atoms with Crippen LogP contribution in [-0.4, -0.2) is 28.7 Å². The number of hydrogen-bond donors (Lipinski definition) is 2. The SMILES string of the molecule is Cn1nccc1S(=O)(=O)NC1(C(N)=S)CCCC1. The first-order valence-corrected chi connectivity index (χ1v) is 7.58. The summed E-state index contributed by atoms with van der Waals surface area (Å²) in [5, 5.41) is 3.97. The molecule has 3 N–H and O–H groups in total. The Bertz CT molecular complexity index is 558. The second-order valence-corrected chi connectivity index (χ2v) is 6.62. The number of nitrogens with one attached hydrogen (secondary N) is 1. The molecule has 1 aliphatic rings. The highest BCUT2D eigenvalue weighted by atomic mass is 32.2. The highest BCUT2D eigenvalue weighted by molar-refractivity contribution is 7.89. The van der Waals surface area contributed by atoms with Gasteiger partial charge in [-0.2, -0.15) is 9.82 Å². The van der Waals surface area contributed by atoms with Crippen molar-refractivity contribution in [1.82, 2.24) is 14.5 Å². The maximum absolute atomic E-state index is 12.3. The standard InChI is InChI=1S/C10H16N4O2S2/c1-14-8(4-7-12-14)18(15,16)13-10(9(11)17)5-2-3-6-10/h4,7,13H,2-3,5-6H2,1H3,(H2,11,17). The number of nitrogens with two attached hydrogens (primary N) is 1. The minimum absolute atomic E-state index is 0.116. The summed E-state index contributed by atoms with van der Waals surface area (Å²) in [5.74, 6) is 0. The van der Waals surface area contributed by atoms with Crippen LogP contribution in [0.3, 0.4) is 0 Å². The fourth-order valence-corrected chi connectivity index (χ4v) is 4.20. The zero-order valence-corrected chi connectivity index (χ0v) is 11.7. The molecule has 8 heteroatoms. The number of aromatic nitrogens is 2. The van der Waals surface area contributed by atoms with Crippen molar-refractivity contribution in [3.8, 4) is 0 Å². The molecule has 0 amide bonds. The summed E-state index contributed by atoms with van der Waals surface area (Å²) >= 11 is 5.03. The van der Waals surface area contributed by atoms with Gasteiger partial charge in [-0.05, 0) is 18.9 Å². The summed E-state index contributed by atoms with van der Waals surface area (Å²) in [5.41, 5.74) is 4.93. The molecule has 0 unspecified atom stereocenters. The quantitative estimate of drug-likeness (QED) is 0.778. The molecule has 0 aliphatic heterocycles. The molecular weight excluding hydrogens is 272 g/mol.